The molecule has 1 aromatic rings. The molecular weight excluding hydrogens is 422 g/mol. The first-order chi connectivity index (χ1) is 11.0. The summed E-state index contributed by atoms with van der Waals surface area (Å²) in [5.74, 6) is 0.480. The van der Waals surface area contributed by atoms with Crippen LogP contribution in [-0.4, -0.2) is 54.9 Å². The first-order valence-electron chi connectivity index (χ1n) is 8.03. The molecule has 0 heterocycles. The van der Waals surface area contributed by atoms with Gasteiger partial charge in [-0.3, -0.25) is 4.79 Å². The number of hydrogen-bond acceptors (Lipinski definition) is 2. The number of likely N-dealkylation sites (N-methyl/N-ethyl adjacent to an activating group) is 2. The van der Waals surface area contributed by atoms with E-state index in [0.717, 1.165) is 5.56 Å². The second-order valence-corrected chi connectivity index (χ2v) is 5.22. The molecule has 0 spiro atoms. The van der Waals surface area contributed by atoms with Crippen LogP contribution in [0.5, 0.6) is 0 Å². The zero-order chi connectivity index (χ0) is 17.2. The smallest absolute Gasteiger partial charge is 0.242 e. The lowest BCUT2D eigenvalue weighted by atomic mass is 10.2. The van der Waals surface area contributed by atoms with Crippen molar-refractivity contribution in [1.29, 1.82) is 0 Å². The molecule has 1 rings (SSSR count). The van der Waals surface area contributed by atoms with E-state index < -0.39 is 0 Å². The molecule has 0 radical (unpaired) electrons. The van der Waals surface area contributed by atoms with Crippen LogP contribution in [0.15, 0.2) is 29.3 Å². The molecule has 1 N–H and O–H groups in total. The molecule has 24 heavy (non-hydrogen) atoms. The highest BCUT2D eigenvalue weighted by molar-refractivity contribution is 14.0. The fourth-order valence-electron chi connectivity index (χ4n) is 2.18. The number of carbonyl (C=O) groups is 1. The molecule has 0 fully saturated rings. The standard InChI is InChI=1S/C17H27FN4O.HI/c1-5-19-17(20-12-14-8-10-15(18)11-9-14)21(4)13-16(23)22(6-2)7-3;/h8-11H,5-7,12-13H2,1-4H3,(H,19,20);1H. The zero-order valence-corrected chi connectivity index (χ0v) is 17.2. The highest BCUT2D eigenvalue weighted by Crippen LogP contribution is 2.04. The van der Waals surface area contributed by atoms with E-state index in [1.807, 2.05) is 32.7 Å². The van der Waals surface area contributed by atoms with Crippen molar-refractivity contribution in [1.82, 2.24) is 15.1 Å². The molecule has 0 aliphatic rings. The van der Waals surface area contributed by atoms with Crippen LogP contribution in [0.2, 0.25) is 0 Å². The number of nitrogens with one attached hydrogen (secondary N) is 1. The van der Waals surface area contributed by atoms with Crippen molar-refractivity contribution in [2.45, 2.75) is 27.3 Å². The Morgan fingerprint density at radius 1 is 1.17 bits per heavy atom. The van der Waals surface area contributed by atoms with Crippen LogP contribution in [0.1, 0.15) is 26.3 Å². The van der Waals surface area contributed by atoms with Crippen LogP contribution in [0.25, 0.3) is 0 Å². The zero-order valence-electron chi connectivity index (χ0n) is 14.9. The Kier molecular flexibility index (Phi) is 11.4. The fourth-order valence-corrected chi connectivity index (χ4v) is 2.18. The SMILES string of the molecule is CCNC(=NCc1ccc(F)cc1)N(C)CC(=O)N(CC)CC.I. The molecule has 1 aromatic carbocycles. The molecule has 0 atom stereocenters. The van der Waals surface area contributed by atoms with Crippen molar-refractivity contribution in [2.24, 2.45) is 4.99 Å². The summed E-state index contributed by atoms with van der Waals surface area (Å²) in [5, 5.41) is 3.18. The molecule has 0 saturated heterocycles. The van der Waals surface area contributed by atoms with Gasteiger partial charge in [0.05, 0.1) is 13.1 Å². The maximum absolute atomic E-state index is 12.9. The number of nitrogens with zero attached hydrogens (tertiary/aromatic N) is 3. The number of benzene rings is 1. The number of rotatable bonds is 7. The molecule has 0 aromatic heterocycles. The minimum absolute atomic E-state index is 0. The molecule has 0 bridgehead atoms. The van der Waals surface area contributed by atoms with Crippen molar-refractivity contribution < 1.29 is 9.18 Å². The number of hydrogen-bond donors (Lipinski definition) is 1. The normalized spacial score (nSPS) is 10.8. The van der Waals surface area contributed by atoms with Gasteiger partial charge in [0.1, 0.15) is 5.82 Å². The third-order valence-corrected chi connectivity index (χ3v) is 3.51. The van der Waals surface area contributed by atoms with E-state index in [4.69, 9.17) is 0 Å². The molecular formula is C17H28FIN4O. The minimum Gasteiger partial charge on any atom is -0.357 e. The van der Waals surface area contributed by atoms with E-state index in [9.17, 15) is 9.18 Å². The third kappa shape index (κ3) is 7.46. The Hall–Kier alpha value is -1.38. The summed E-state index contributed by atoms with van der Waals surface area (Å²) >= 11 is 0. The molecule has 136 valence electrons. The van der Waals surface area contributed by atoms with Gasteiger partial charge in [0.25, 0.3) is 0 Å². The van der Waals surface area contributed by atoms with E-state index in [1.165, 1.54) is 12.1 Å². The predicted octanol–water partition coefficient (Wildman–Crippen LogP) is 2.71. The van der Waals surface area contributed by atoms with E-state index in [2.05, 4.69) is 10.3 Å². The van der Waals surface area contributed by atoms with Gasteiger partial charge in [0.15, 0.2) is 5.96 Å². The Morgan fingerprint density at radius 3 is 2.25 bits per heavy atom. The lowest BCUT2D eigenvalue weighted by Crippen LogP contribution is -2.45. The summed E-state index contributed by atoms with van der Waals surface area (Å²) in [7, 11) is 1.84. The van der Waals surface area contributed by atoms with Crippen molar-refractivity contribution in [3.8, 4) is 0 Å². The number of halogens is 2. The van der Waals surface area contributed by atoms with Gasteiger partial charge in [0, 0.05) is 26.7 Å². The van der Waals surface area contributed by atoms with Crippen LogP contribution in [0, 0.1) is 5.82 Å². The van der Waals surface area contributed by atoms with E-state index in [-0.39, 0.29) is 42.2 Å². The second-order valence-electron chi connectivity index (χ2n) is 5.22. The molecule has 0 aliphatic carbocycles. The largest absolute Gasteiger partial charge is 0.357 e. The van der Waals surface area contributed by atoms with E-state index in [1.54, 1.807) is 17.0 Å². The van der Waals surface area contributed by atoms with Gasteiger partial charge in [-0.05, 0) is 38.5 Å². The Labute approximate surface area is 161 Å². The number of aliphatic imine (C=N–C) groups is 1. The van der Waals surface area contributed by atoms with Gasteiger partial charge in [-0.1, -0.05) is 12.1 Å². The van der Waals surface area contributed by atoms with Crippen LogP contribution < -0.4 is 5.32 Å². The van der Waals surface area contributed by atoms with Crippen LogP contribution in [-0.2, 0) is 11.3 Å². The summed E-state index contributed by atoms with van der Waals surface area (Å²) in [5.41, 5.74) is 0.922. The lowest BCUT2D eigenvalue weighted by molar-refractivity contribution is -0.131. The average Bonchev–Trinajstić information content (AvgIpc) is 2.54. The highest BCUT2D eigenvalue weighted by atomic mass is 127. The lowest BCUT2D eigenvalue weighted by Gasteiger charge is -2.25. The third-order valence-electron chi connectivity index (χ3n) is 3.51. The first kappa shape index (κ1) is 22.6. The fraction of sp³-hybridized carbons (Fsp3) is 0.529. The van der Waals surface area contributed by atoms with E-state index >= 15 is 0 Å². The molecule has 7 heteroatoms. The summed E-state index contributed by atoms with van der Waals surface area (Å²) in [6.45, 7) is 8.74. The molecule has 0 aliphatic heterocycles. The Bertz CT molecular complexity index is 518. The summed E-state index contributed by atoms with van der Waals surface area (Å²) < 4.78 is 12.9. The van der Waals surface area contributed by atoms with Crippen molar-refractivity contribution >= 4 is 35.8 Å². The van der Waals surface area contributed by atoms with Gasteiger partial charge in [-0.15, -0.1) is 24.0 Å². The Morgan fingerprint density at radius 2 is 1.75 bits per heavy atom. The predicted molar refractivity (Wildman–Crippen MR) is 107 cm³/mol. The topological polar surface area (TPSA) is 47.9 Å². The van der Waals surface area contributed by atoms with Gasteiger partial charge in [-0.2, -0.15) is 0 Å². The van der Waals surface area contributed by atoms with Gasteiger partial charge < -0.3 is 15.1 Å². The maximum Gasteiger partial charge on any atom is 0.242 e. The summed E-state index contributed by atoms with van der Waals surface area (Å²) in [4.78, 5) is 20.3. The molecule has 0 saturated carbocycles. The summed E-state index contributed by atoms with van der Waals surface area (Å²) in [6, 6.07) is 6.27. The molecule has 5 nitrogen and oxygen atoms in total. The summed E-state index contributed by atoms with van der Waals surface area (Å²) in [6.07, 6.45) is 0. The maximum atomic E-state index is 12.9. The van der Waals surface area contributed by atoms with Crippen LogP contribution in [0.4, 0.5) is 4.39 Å². The average molecular weight is 450 g/mol. The monoisotopic (exact) mass is 450 g/mol. The molecule has 0 unspecified atom stereocenters. The second kappa shape index (κ2) is 12.0. The van der Waals surface area contributed by atoms with E-state index in [0.29, 0.717) is 32.1 Å². The van der Waals surface area contributed by atoms with Crippen molar-refractivity contribution in [3.63, 3.8) is 0 Å². The van der Waals surface area contributed by atoms with Crippen molar-refractivity contribution in [3.05, 3.63) is 35.6 Å². The van der Waals surface area contributed by atoms with Crippen molar-refractivity contribution in [2.75, 3.05) is 33.2 Å². The van der Waals surface area contributed by atoms with Crippen LogP contribution >= 0.6 is 24.0 Å². The van der Waals surface area contributed by atoms with Crippen LogP contribution in [0.3, 0.4) is 0 Å². The first-order valence-corrected chi connectivity index (χ1v) is 8.03. The number of guanidine groups is 1. The number of carbonyl (C=O) groups excluding carboxylic acids is 1. The van der Waals surface area contributed by atoms with Gasteiger partial charge >= 0.3 is 0 Å². The van der Waals surface area contributed by atoms with Gasteiger partial charge in [-0.25, -0.2) is 9.38 Å². The minimum atomic E-state index is -0.258. The van der Waals surface area contributed by atoms with Gasteiger partial charge in [0.2, 0.25) is 5.91 Å². The Balaban J connectivity index is 0.00000529. The highest BCUT2D eigenvalue weighted by Gasteiger charge is 2.14. The molecule has 1 amide bonds. The number of amides is 1. The quantitative estimate of drug-likeness (QED) is 0.395.